The average Bonchev–Trinajstić information content (AvgIpc) is 3.14. The van der Waals surface area contributed by atoms with E-state index in [1.165, 1.54) is 0 Å². The van der Waals surface area contributed by atoms with Gasteiger partial charge in [-0.2, -0.15) is 15.0 Å². The summed E-state index contributed by atoms with van der Waals surface area (Å²) in [5.41, 5.74) is 8.41. The van der Waals surface area contributed by atoms with Crippen molar-refractivity contribution in [3.05, 3.63) is 10.4 Å². The maximum atomic E-state index is 8.41. The van der Waals surface area contributed by atoms with E-state index in [0.717, 1.165) is 25.7 Å². The Morgan fingerprint density at radius 2 is 1.53 bits per heavy atom. The fourth-order valence-corrected chi connectivity index (χ4v) is 1.40. The first kappa shape index (κ1) is 10.1. The normalized spacial score (nSPS) is 18.4. The van der Waals surface area contributed by atoms with E-state index < -0.39 is 0 Å². The zero-order valence-corrected chi connectivity index (χ0v) is 9.17. The Balaban J connectivity index is 1.83. The maximum Gasteiger partial charge on any atom is 0.228 e. The van der Waals surface area contributed by atoms with Gasteiger partial charge in [-0.05, 0) is 36.3 Å². The van der Waals surface area contributed by atoms with Crippen molar-refractivity contribution in [1.82, 2.24) is 15.0 Å². The van der Waals surface area contributed by atoms with Crippen LogP contribution in [0.5, 0.6) is 0 Å². The van der Waals surface area contributed by atoms with Crippen molar-refractivity contribution in [2.75, 3.05) is 10.6 Å². The van der Waals surface area contributed by atoms with Gasteiger partial charge in [-0.3, -0.25) is 0 Å². The molecule has 1 heterocycles. The van der Waals surface area contributed by atoms with Gasteiger partial charge < -0.3 is 10.6 Å². The Labute approximate surface area is 97.5 Å². The van der Waals surface area contributed by atoms with Gasteiger partial charge in [-0.1, -0.05) is 0 Å². The Kier molecular flexibility index (Phi) is 2.41. The molecule has 2 aliphatic carbocycles. The highest BCUT2D eigenvalue weighted by Crippen LogP contribution is 2.26. The molecule has 0 amide bonds. The minimum Gasteiger partial charge on any atom is -0.351 e. The van der Waals surface area contributed by atoms with E-state index in [0.29, 0.717) is 24.0 Å². The predicted octanol–water partition coefficient (Wildman–Crippen LogP) is 1.96. The lowest BCUT2D eigenvalue weighted by Crippen LogP contribution is -2.10. The SMILES string of the molecule is [N-]=[N+]=Nc1nc(NC2CC2)nc(NC2CC2)n1. The van der Waals surface area contributed by atoms with E-state index in [-0.39, 0.29) is 5.95 Å². The van der Waals surface area contributed by atoms with Gasteiger partial charge in [0, 0.05) is 17.0 Å². The summed E-state index contributed by atoms with van der Waals surface area (Å²) in [4.78, 5) is 15.0. The molecule has 1 aromatic heterocycles. The first-order valence-electron chi connectivity index (χ1n) is 5.68. The van der Waals surface area contributed by atoms with E-state index >= 15 is 0 Å². The fraction of sp³-hybridized carbons (Fsp3) is 0.667. The topological polar surface area (TPSA) is 111 Å². The summed E-state index contributed by atoms with van der Waals surface area (Å²) in [5.74, 6) is 1.06. The lowest BCUT2D eigenvalue weighted by Gasteiger charge is -2.06. The molecule has 3 rings (SSSR count). The van der Waals surface area contributed by atoms with Crippen LogP contribution in [0.2, 0.25) is 0 Å². The van der Waals surface area contributed by atoms with Gasteiger partial charge in [-0.15, -0.1) is 0 Å². The first-order valence-corrected chi connectivity index (χ1v) is 5.68. The molecule has 1 aromatic rings. The second-order valence-corrected chi connectivity index (χ2v) is 4.31. The molecule has 88 valence electrons. The molecule has 0 aromatic carbocycles. The number of azide groups is 1. The van der Waals surface area contributed by atoms with Crippen LogP contribution in [-0.4, -0.2) is 27.0 Å². The molecule has 0 saturated heterocycles. The molecule has 0 atom stereocenters. The van der Waals surface area contributed by atoms with Crippen molar-refractivity contribution in [3.63, 3.8) is 0 Å². The first-order chi connectivity index (χ1) is 8.33. The Morgan fingerprint density at radius 3 is 1.94 bits per heavy atom. The van der Waals surface area contributed by atoms with Gasteiger partial charge in [0.25, 0.3) is 0 Å². The standard InChI is InChI=1S/C9H12N8/c10-17-16-9-14-7(11-5-1-2-5)13-8(15-9)12-6-3-4-6/h5-6H,1-4H2,(H2,11,12,13,14,15). The Morgan fingerprint density at radius 1 is 1.00 bits per heavy atom. The van der Waals surface area contributed by atoms with Crippen molar-refractivity contribution < 1.29 is 0 Å². The van der Waals surface area contributed by atoms with Crippen LogP contribution < -0.4 is 10.6 Å². The minimum absolute atomic E-state index is 0.105. The largest absolute Gasteiger partial charge is 0.351 e. The maximum absolute atomic E-state index is 8.41. The molecule has 2 saturated carbocycles. The molecule has 2 aliphatic rings. The molecule has 2 fully saturated rings. The molecular weight excluding hydrogens is 220 g/mol. The Hall–Kier alpha value is -2.08. The Bertz CT molecular complexity index is 440. The second kappa shape index (κ2) is 4.06. The number of hydrogen-bond acceptors (Lipinski definition) is 6. The van der Waals surface area contributed by atoms with Gasteiger partial charge in [0.1, 0.15) is 0 Å². The zero-order chi connectivity index (χ0) is 11.7. The van der Waals surface area contributed by atoms with E-state index in [4.69, 9.17) is 5.53 Å². The van der Waals surface area contributed by atoms with Gasteiger partial charge in [0.15, 0.2) is 0 Å². The molecule has 0 bridgehead atoms. The molecule has 2 N–H and O–H groups in total. The summed E-state index contributed by atoms with van der Waals surface area (Å²) in [6.07, 6.45) is 4.53. The van der Waals surface area contributed by atoms with Gasteiger partial charge in [0.05, 0.1) is 0 Å². The van der Waals surface area contributed by atoms with Crippen LogP contribution in [0.3, 0.4) is 0 Å². The number of anilines is 2. The van der Waals surface area contributed by atoms with Gasteiger partial charge in [0.2, 0.25) is 17.8 Å². The third kappa shape index (κ3) is 2.73. The highest BCUT2D eigenvalue weighted by molar-refractivity contribution is 5.41. The summed E-state index contributed by atoms with van der Waals surface area (Å²) in [7, 11) is 0. The van der Waals surface area contributed by atoms with Crippen LogP contribution in [0, 0.1) is 0 Å². The summed E-state index contributed by atoms with van der Waals surface area (Å²) in [6, 6.07) is 0.898. The molecule has 8 nitrogen and oxygen atoms in total. The second-order valence-electron chi connectivity index (χ2n) is 4.31. The minimum atomic E-state index is 0.105. The molecule has 0 aliphatic heterocycles. The van der Waals surface area contributed by atoms with Crippen molar-refractivity contribution in [3.8, 4) is 0 Å². The lowest BCUT2D eigenvalue weighted by atomic mass is 10.6. The highest BCUT2D eigenvalue weighted by atomic mass is 15.3. The van der Waals surface area contributed by atoms with Crippen molar-refractivity contribution >= 4 is 17.8 Å². The molecule has 8 heteroatoms. The number of rotatable bonds is 5. The van der Waals surface area contributed by atoms with Crippen LogP contribution in [0.1, 0.15) is 25.7 Å². The van der Waals surface area contributed by atoms with E-state index in [2.05, 4.69) is 35.6 Å². The zero-order valence-electron chi connectivity index (χ0n) is 9.17. The summed E-state index contributed by atoms with van der Waals surface area (Å²) in [6.45, 7) is 0. The van der Waals surface area contributed by atoms with Crippen molar-refractivity contribution in [1.29, 1.82) is 0 Å². The highest BCUT2D eigenvalue weighted by Gasteiger charge is 2.24. The number of aromatic nitrogens is 3. The third-order valence-corrected chi connectivity index (χ3v) is 2.58. The predicted molar refractivity (Wildman–Crippen MR) is 61.9 cm³/mol. The number of hydrogen-bond donors (Lipinski definition) is 2. The molecule has 0 radical (unpaired) electrons. The van der Waals surface area contributed by atoms with Crippen molar-refractivity contribution in [2.45, 2.75) is 37.8 Å². The summed E-state index contributed by atoms with van der Waals surface area (Å²) >= 11 is 0. The molecule has 17 heavy (non-hydrogen) atoms. The van der Waals surface area contributed by atoms with Gasteiger partial charge >= 0.3 is 0 Å². The third-order valence-electron chi connectivity index (χ3n) is 2.58. The van der Waals surface area contributed by atoms with Crippen LogP contribution in [0.25, 0.3) is 10.4 Å². The van der Waals surface area contributed by atoms with Crippen molar-refractivity contribution in [2.24, 2.45) is 5.11 Å². The van der Waals surface area contributed by atoms with Crippen LogP contribution >= 0.6 is 0 Å². The van der Waals surface area contributed by atoms with Crippen LogP contribution in [0.15, 0.2) is 5.11 Å². The summed E-state index contributed by atoms with van der Waals surface area (Å²) in [5, 5.41) is 9.75. The molecule has 0 unspecified atom stereocenters. The van der Waals surface area contributed by atoms with E-state index in [1.807, 2.05) is 0 Å². The molecule has 0 spiro atoms. The summed E-state index contributed by atoms with van der Waals surface area (Å²) < 4.78 is 0. The van der Waals surface area contributed by atoms with Crippen LogP contribution in [-0.2, 0) is 0 Å². The molecular formula is C9H12N8. The average molecular weight is 232 g/mol. The lowest BCUT2D eigenvalue weighted by molar-refractivity contribution is 0.970. The quantitative estimate of drug-likeness (QED) is 0.458. The monoisotopic (exact) mass is 232 g/mol. The van der Waals surface area contributed by atoms with E-state index in [1.54, 1.807) is 0 Å². The van der Waals surface area contributed by atoms with E-state index in [9.17, 15) is 0 Å². The van der Waals surface area contributed by atoms with Crippen LogP contribution in [0.4, 0.5) is 17.8 Å². The van der Waals surface area contributed by atoms with Gasteiger partial charge in [-0.25, -0.2) is 0 Å². The number of nitrogens with one attached hydrogen (secondary N) is 2. The number of nitrogens with zero attached hydrogens (tertiary/aromatic N) is 6. The fourth-order valence-electron chi connectivity index (χ4n) is 1.40. The smallest absolute Gasteiger partial charge is 0.228 e.